The van der Waals surface area contributed by atoms with Crippen molar-refractivity contribution in [2.45, 2.75) is 6.54 Å². The van der Waals surface area contributed by atoms with Gasteiger partial charge in [-0.05, 0) is 28.8 Å². The molecule has 7 nitrogen and oxygen atoms in total. The van der Waals surface area contributed by atoms with Crippen molar-refractivity contribution < 1.29 is 4.52 Å². The van der Waals surface area contributed by atoms with Crippen LogP contribution < -0.4 is 0 Å². The minimum absolute atomic E-state index is 0.255. The number of benzene rings is 1. The summed E-state index contributed by atoms with van der Waals surface area (Å²) in [7, 11) is 0. The van der Waals surface area contributed by atoms with E-state index in [1.807, 2.05) is 29.0 Å². The highest BCUT2D eigenvalue weighted by Gasteiger charge is 2.12. The molecular formula is C14H9ClN6OS. The molecule has 0 N–H and O–H groups in total. The van der Waals surface area contributed by atoms with Gasteiger partial charge in [0, 0.05) is 21.5 Å². The standard InChI is InChI=1S/C14H9ClN6OS/c15-11-3-1-2-9(6-11)14-17-20-21(18-14)7-12-16-13(19-22-12)10-4-5-23-8-10/h1-6,8H,7H2. The van der Waals surface area contributed by atoms with Crippen molar-refractivity contribution in [1.29, 1.82) is 0 Å². The molecule has 0 saturated carbocycles. The summed E-state index contributed by atoms with van der Waals surface area (Å²) in [5.74, 6) is 1.46. The SMILES string of the molecule is Clc1cccc(-c2nnn(Cc3nc(-c4ccsc4)no3)n2)c1. The zero-order valence-electron chi connectivity index (χ0n) is 11.6. The van der Waals surface area contributed by atoms with E-state index >= 15 is 0 Å². The van der Waals surface area contributed by atoms with Crippen LogP contribution in [0.15, 0.2) is 45.6 Å². The first kappa shape index (κ1) is 14.0. The third kappa shape index (κ3) is 2.99. The molecule has 0 bridgehead atoms. The van der Waals surface area contributed by atoms with E-state index in [4.69, 9.17) is 16.1 Å². The summed E-state index contributed by atoms with van der Waals surface area (Å²) in [4.78, 5) is 5.73. The predicted molar refractivity (Wildman–Crippen MR) is 85.0 cm³/mol. The van der Waals surface area contributed by atoms with Gasteiger partial charge in [0.25, 0.3) is 5.89 Å². The van der Waals surface area contributed by atoms with Crippen molar-refractivity contribution in [2.24, 2.45) is 0 Å². The molecule has 3 heterocycles. The Balaban J connectivity index is 1.54. The number of nitrogens with zero attached hydrogens (tertiary/aromatic N) is 6. The summed E-state index contributed by atoms with van der Waals surface area (Å²) in [5, 5.41) is 20.8. The van der Waals surface area contributed by atoms with E-state index in [0.29, 0.717) is 22.6 Å². The molecule has 0 atom stereocenters. The number of hydrogen-bond acceptors (Lipinski definition) is 7. The monoisotopic (exact) mass is 344 g/mol. The molecule has 1 aromatic carbocycles. The van der Waals surface area contributed by atoms with Crippen LogP contribution in [0.5, 0.6) is 0 Å². The summed E-state index contributed by atoms with van der Waals surface area (Å²) in [6, 6.07) is 9.21. The van der Waals surface area contributed by atoms with Crippen LogP contribution in [0.4, 0.5) is 0 Å². The van der Waals surface area contributed by atoms with Crippen LogP contribution in [0.1, 0.15) is 5.89 Å². The highest BCUT2D eigenvalue weighted by molar-refractivity contribution is 7.08. The quantitative estimate of drug-likeness (QED) is 0.565. The summed E-state index contributed by atoms with van der Waals surface area (Å²) in [6.07, 6.45) is 0. The fourth-order valence-corrected chi connectivity index (χ4v) is 2.83. The lowest BCUT2D eigenvalue weighted by atomic mass is 10.2. The van der Waals surface area contributed by atoms with Gasteiger partial charge in [0.05, 0.1) is 0 Å². The summed E-state index contributed by atoms with van der Waals surface area (Å²) >= 11 is 7.55. The van der Waals surface area contributed by atoms with E-state index in [-0.39, 0.29) is 6.54 Å². The van der Waals surface area contributed by atoms with Crippen molar-refractivity contribution in [3.8, 4) is 22.8 Å². The second-order valence-electron chi connectivity index (χ2n) is 4.68. The highest BCUT2D eigenvalue weighted by atomic mass is 35.5. The fourth-order valence-electron chi connectivity index (χ4n) is 2.00. The van der Waals surface area contributed by atoms with Crippen molar-refractivity contribution in [1.82, 2.24) is 30.3 Å². The third-order valence-electron chi connectivity index (χ3n) is 3.06. The molecule has 9 heteroatoms. The largest absolute Gasteiger partial charge is 0.337 e. The maximum absolute atomic E-state index is 5.97. The molecular weight excluding hydrogens is 336 g/mol. The predicted octanol–water partition coefficient (Wildman–Crippen LogP) is 3.15. The van der Waals surface area contributed by atoms with E-state index in [9.17, 15) is 0 Å². The van der Waals surface area contributed by atoms with Crippen LogP contribution in [0, 0.1) is 0 Å². The first-order chi connectivity index (χ1) is 11.3. The van der Waals surface area contributed by atoms with Gasteiger partial charge in [-0.3, -0.25) is 0 Å². The molecule has 114 valence electrons. The molecule has 0 fully saturated rings. The number of thiophene rings is 1. The number of rotatable bonds is 4. The lowest BCUT2D eigenvalue weighted by molar-refractivity contribution is 0.356. The van der Waals surface area contributed by atoms with Crippen LogP contribution in [-0.4, -0.2) is 30.3 Å². The first-order valence-electron chi connectivity index (χ1n) is 6.67. The van der Waals surface area contributed by atoms with E-state index < -0.39 is 0 Å². The maximum Gasteiger partial charge on any atom is 0.250 e. The molecule has 23 heavy (non-hydrogen) atoms. The minimum atomic E-state index is 0.255. The fraction of sp³-hybridized carbons (Fsp3) is 0.0714. The average Bonchev–Trinajstić information content (AvgIpc) is 3.29. The number of tetrazole rings is 1. The van der Waals surface area contributed by atoms with Gasteiger partial charge in [0.2, 0.25) is 11.6 Å². The molecule has 0 aliphatic rings. The topological polar surface area (TPSA) is 82.5 Å². The number of halogens is 1. The Morgan fingerprint density at radius 2 is 2.13 bits per heavy atom. The van der Waals surface area contributed by atoms with Crippen molar-refractivity contribution >= 4 is 22.9 Å². The lowest BCUT2D eigenvalue weighted by Crippen LogP contribution is -2.04. The molecule has 0 saturated heterocycles. The van der Waals surface area contributed by atoms with Crippen molar-refractivity contribution in [2.75, 3.05) is 0 Å². The minimum Gasteiger partial charge on any atom is -0.337 e. The molecule has 0 amide bonds. The number of aromatic nitrogens is 6. The van der Waals surface area contributed by atoms with Crippen molar-refractivity contribution in [3.63, 3.8) is 0 Å². The zero-order chi connectivity index (χ0) is 15.6. The van der Waals surface area contributed by atoms with Crippen LogP contribution in [0.25, 0.3) is 22.8 Å². The average molecular weight is 345 g/mol. The Morgan fingerprint density at radius 3 is 2.96 bits per heavy atom. The van der Waals surface area contributed by atoms with E-state index in [1.54, 1.807) is 23.5 Å². The molecule has 0 aliphatic carbocycles. The Bertz CT molecular complexity index is 932. The van der Waals surface area contributed by atoms with Gasteiger partial charge in [-0.1, -0.05) is 28.9 Å². The van der Waals surface area contributed by atoms with Gasteiger partial charge in [-0.2, -0.15) is 21.1 Å². The summed E-state index contributed by atoms with van der Waals surface area (Å²) in [5.41, 5.74) is 1.73. The van der Waals surface area contributed by atoms with E-state index in [1.165, 1.54) is 4.80 Å². The van der Waals surface area contributed by atoms with Crippen LogP contribution in [0.2, 0.25) is 5.02 Å². The summed E-state index contributed by atoms with van der Waals surface area (Å²) in [6.45, 7) is 0.255. The lowest BCUT2D eigenvalue weighted by Gasteiger charge is -1.94. The second kappa shape index (κ2) is 5.90. The molecule has 0 radical (unpaired) electrons. The van der Waals surface area contributed by atoms with Gasteiger partial charge in [-0.15, -0.1) is 10.2 Å². The Morgan fingerprint density at radius 1 is 1.17 bits per heavy atom. The maximum atomic E-state index is 5.97. The number of hydrogen-bond donors (Lipinski definition) is 0. The molecule has 0 aliphatic heterocycles. The highest BCUT2D eigenvalue weighted by Crippen LogP contribution is 2.20. The van der Waals surface area contributed by atoms with Gasteiger partial charge < -0.3 is 4.52 Å². The van der Waals surface area contributed by atoms with E-state index in [0.717, 1.165) is 11.1 Å². The van der Waals surface area contributed by atoms with Gasteiger partial charge in [0.1, 0.15) is 6.54 Å². The Kier molecular flexibility index (Phi) is 3.60. The van der Waals surface area contributed by atoms with Crippen LogP contribution in [0.3, 0.4) is 0 Å². The Hall–Kier alpha value is -2.58. The second-order valence-corrected chi connectivity index (χ2v) is 5.89. The smallest absolute Gasteiger partial charge is 0.250 e. The van der Waals surface area contributed by atoms with Crippen LogP contribution >= 0.6 is 22.9 Å². The van der Waals surface area contributed by atoms with Crippen molar-refractivity contribution in [3.05, 3.63) is 52.0 Å². The molecule has 0 spiro atoms. The van der Waals surface area contributed by atoms with Gasteiger partial charge >= 0.3 is 0 Å². The Labute approximate surface area is 139 Å². The third-order valence-corrected chi connectivity index (χ3v) is 3.98. The normalized spacial score (nSPS) is 11.0. The molecule has 4 rings (SSSR count). The van der Waals surface area contributed by atoms with Gasteiger partial charge in [0.15, 0.2) is 0 Å². The summed E-state index contributed by atoms with van der Waals surface area (Å²) < 4.78 is 5.22. The zero-order valence-corrected chi connectivity index (χ0v) is 13.2. The molecule has 4 aromatic rings. The van der Waals surface area contributed by atoms with E-state index in [2.05, 4.69) is 25.6 Å². The molecule has 0 unspecified atom stereocenters. The first-order valence-corrected chi connectivity index (χ1v) is 7.99. The van der Waals surface area contributed by atoms with Gasteiger partial charge in [-0.25, -0.2) is 0 Å². The van der Waals surface area contributed by atoms with Crippen LogP contribution in [-0.2, 0) is 6.54 Å². The molecule has 3 aromatic heterocycles.